The van der Waals surface area contributed by atoms with Crippen LogP contribution in [0.25, 0.3) is 11.4 Å². The van der Waals surface area contributed by atoms with E-state index in [9.17, 15) is 0 Å². The monoisotopic (exact) mass is 334 g/mol. The maximum atomic E-state index is 5.63. The molecule has 4 rings (SSSR count). The van der Waals surface area contributed by atoms with Crippen molar-refractivity contribution < 1.29 is 4.52 Å². The van der Waals surface area contributed by atoms with Crippen molar-refractivity contribution in [1.82, 2.24) is 20.0 Å². The van der Waals surface area contributed by atoms with Gasteiger partial charge in [-0.3, -0.25) is 9.88 Å². The van der Waals surface area contributed by atoms with Gasteiger partial charge in [0, 0.05) is 24.5 Å². The first kappa shape index (κ1) is 16.0. The molecule has 2 aromatic heterocycles. The molecular formula is C20H22N4O. The van der Waals surface area contributed by atoms with E-state index in [1.807, 2.05) is 12.1 Å². The predicted molar refractivity (Wildman–Crippen MR) is 95.7 cm³/mol. The van der Waals surface area contributed by atoms with Gasteiger partial charge in [-0.15, -0.1) is 0 Å². The molecule has 1 aromatic carbocycles. The van der Waals surface area contributed by atoms with Crippen LogP contribution in [0.2, 0.25) is 0 Å². The molecular weight excluding hydrogens is 312 g/mol. The molecule has 0 amide bonds. The number of aromatic nitrogens is 3. The number of rotatable bonds is 4. The minimum absolute atomic E-state index is 0.191. The summed E-state index contributed by atoms with van der Waals surface area (Å²) in [6, 6.07) is 12.6. The van der Waals surface area contributed by atoms with E-state index >= 15 is 0 Å². The lowest BCUT2D eigenvalue weighted by Gasteiger charge is -2.33. The standard InChI is InChI=1S/C20H22N4O/c1-15-6-2-3-7-17(15)14-24-13-5-4-8-18(24)20-22-19(23-25-20)16-9-11-21-12-10-16/h2-3,6-7,9-12,18H,4-5,8,13-14H2,1H3. The number of nitrogens with zero attached hydrogens (tertiary/aromatic N) is 4. The molecule has 128 valence electrons. The molecule has 0 radical (unpaired) electrons. The zero-order valence-electron chi connectivity index (χ0n) is 14.4. The lowest BCUT2D eigenvalue weighted by atomic mass is 10.00. The number of aryl methyl sites for hydroxylation is 1. The van der Waals surface area contributed by atoms with Crippen LogP contribution in [0.1, 0.15) is 42.3 Å². The van der Waals surface area contributed by atoms with Crippen molar-refractivity contribution >= 4 is 0 Å². The minimum atomic E-state index is 0.191. The second-order valence-electron chi connectivity index (χ2n) is 6.60. The van der Waals surface area contributed by atoms with E-state index in [0.29, 0.717) is 5.82 Å². The molecule has 1 saturated heterocycles. The fourth-order valence-electron chi connectivity index (χ4n) is 3.45. The average molecular weight is 334 g/mol. The zero-order chi connectivity index (χ0) is 17.1. The Labute approximate surface area is 147 Å². The maximum absolute atomic E-state index is 5.63. The topological polar surface area (TPSA) is 55.1 Å². The molecule has 1 aliphatic rings. The van der Waals surface area contributed by atoms with Crippen LogP contribution in [0, 0.1) is 6.92 Å². The Morgan fingerprint density at radius 3 is 2.80 bits per heavy atom. The summed E-state index contributed by atoms with van der Waals surface area (Å²) in [4.78, 5) is 11.2. The summed E-state index contributed by atoms with van der Waals surface area (Å²) in [6.45, 7) is 4.15. The van der Waals surface area contributed by atoms with Crippen LogP contribution >= 0.6 is 0 Å². The van der Waals surface area contributed by atoms with Crippen molar-refractivity contribution in [3.63, 3.8) is 0 Å². The number of hydrogen-bond donors (Lipinski definition) is 0. The molecule has 1 aliphatic heterocycles. The van der Waals surface area contributed by atoms with Crippen molar-refractivity contribution in [2.75, 3.05) is 6.54 Å². The van der Waals surface area contributed by atoms with Crippen LogP contribution in [-0.2, 0) is 6.54 Å². The Morgan fingerprint density at radius 1 is 1.12 bits per heavy atom. The molecule has 5 heteroatoms. The number of piperidine rings is 1. The molecule has 1 fully saturated rings. The normalized spacial score (nSPS) is 18.4. The first-order valence-electron chi connectivity index (χ1n) is 8.84. The smallest absolute Gasteiger partial charge is 0.244 e. The van der Waals surface area contributed by atoms with E-state index in [2.05, 4.69) is 51.2 Å². The molecule has 0 aliphatic carbocycles. The van der Waals surface area contributed by atoms with Gasteiger partial charge in [0.1, 0.15) is 0 Å². The molecule has 0 spiro atoms. The third kappa shape index (κ3) is 3.46. The molecule has 0 bridgehead atoms. The molecule has 5 nitrogen and oxygen atoms in total. The third-order valence-corrected chi connectivity index (χ3v) is 4.91. The van der Waals surface area contributed by atoms with Gasteiger partial charge < -0.3 is 4.52 Å². The Bertz CT molecular complexity index is 830. The van der Waals surface area contributed by atoms with E-state index in [1.165, 1.54) is 24.0 Å². The largest absolute Gasteiger partial charge is 0.337 e. The first-order chi connectivity index (χ1) is 12.3. The summed E-state index contributed by atoms with van der Waals surface area (Å²) >= 11 is 0. The van der Waals surface area contributed by atoms with Gasteiger partial charge in [0.25, 0.3) is 0 Å². The molecule has 0 saturated carbocycles. The van der Waals surface area contributed by atoms with E-state index in [-0.39, 0.29) is 6.04 Å². The minimum Gasteiger partial charge on any atom is -0.337 e. The van der Waals surface area contributed by atoms with E-state index in [1.54, 1.807) is 12.4 Å². The maximum Gasteiger partial charge on any atom is 0.244 e. The number of pyridine rings is 1. The Hall–Kier alpha value is -2.53. The van der Waals surface area contributed by atoms with Crippen LogP contribution in [0.15, 0.2) is 53.3 Å². The highest BCUT2D eigenvalue weighted by Crippen LogP contribution is 2.32. The van der Waals surface area contributed by atoms with E-state index in [0.717, 1.165) is 31.0 Å². The summed E-state index contributed by atoms with van der Waals surface area (Å²) in [7, 11) is 0. The zero-order valence-corrected chi connectivity index (χ0v) is 14.4. The Kier molecular flexibility index (Phi) is 4.57. The molecule has 25 heavy (non-hydrogen) atoms. The van der Waals surface area contributed by atoms with E-state index < -0.39 is 0 Å². The number of benzene rings is 1. The van der Waals surface area contributed by atoms with Crippen LogP contribution in [0.5, 0.6) is 0 Å². The fourth-order valence-corrected chi connectivity index (χ4v) is 3.45. The summed E-state index contributed by atoms with van der Waals surface area (Å²) in [5.41, 5.74) is 3.63. The van der Waals surface area contributed by atoms with Crippen molar-refractivity contribution in [2.24, 2.45) is 0 Å². The summed E-state index contributed by atoms with van der Waals surface area (Å²) in [5, 5.41) is 4.18. The van der Waals surface area contributed by atoms with Crippen LogP contribution < -0.4 is 0 Å². The fraction of sp³-hybridized carbons (Fsp3) is 0.350. The van der Waals surface area contributed by atoms with Gasteiger partial charge in [-0.2, -0.15) is 4.98 Å². The molecule has 1 unspecified atom stereocenters. The summed E-state index contributed by atoms with van der Waals surface area (Å²) in [6.07, 6.45) is 6.96. The SMILES string of the molecule is Cc1ccccc1CN1CCCCC1c1nc(-c2ccncc2)no1. The lowest BCUT2D eigenvalue weighted by molar-refractivity contribution is 0.111. The molecule has 0 N–H and O–H groups in total. The van der Waals surface area contributed by atoms with Crippen LogP contribution in [0.4, 0.5) is 0 Å². The van der Waals surface area contributed by atoms with Crippen LogP contribution in [-0.4, -0.2) is 26.6 Å². The van der Waals surface area contributed by atoms with Gasteiger partial charge in [-0.05, 0) is 49.6 Å². The van der Waals surface area contributed by atoms with Gasteiger partial charge >= 0.3 is 0 Å². The quantitative estimate of drug-likeness (QED) is 0.717. The lowest BCUT2D eigenvalue weighted by Crippen LogP contribution is -2.33. The van der Waals surface area contributed by atoms with Gasteiger partial charge in [0.15, 0.2) is 0 Å². The van der Waals surface area contributed by atoms with Crippen molar-refractivity contribution in [2.45, 2.75) is 38.8 Å². The van der Waals surface area contributed by atoms with Gasteiger partial charge in [-0.25, -0.2) is 0 Å². The summed E-state index contributed by atoms with van der Waals surface area (Å²) < 4.78 is 5.63. The van der Waals surface area contributed by atoms with Gasteiger partial charge in [0.05, 0.1) is 6.04 Å². The third-order valence-electron chi connectivity index (χ3n) is 4.91. The number of hydrogen-bond acceptors (Lipinski definition) is 5. The highest BCUT2D eigenvalue weighted by molar-refractivity contribution is 5.52. The summed E-state index contributed by atoms with van der Waals surface area (Å²) in [5.74, 6) is 1.36. The molecule has 3 aromatic rings. The molecule has 3 heterocycles. The molecule has 1 atom stereocenters. The Morgan fingerprint density at radius 2 is 1.96 bits per heavy atom. The van der Waals surface area contributed by atoms with Gasteiger partial charge in [-0.1, -0.05) is 35.8 Å². The first-order valence-corrected chi connectivity index (χ1v) is 8.84. The van der Waals surface area contributed by atoms with Crippen molar-refractivity contribution in [1.29, 1.82) is 0 Å². The average Bonchev–Trinajstić information content (AvgIpc) is 3.15. The Balaban J connectivity index is 1.57. The second-order valence-corrected chi connectivity index (χ2v) is 6.60. The number of likely N-dealkylation sites (tertiary alicyclic amines) is 1. The predicted octanol–water partition coefficient (Wildman–Crippen LogP) is 4.17. The highest BCUT2D eigenvalue weighted by Gasteiger charge is 2.29. The van der Waals surface area contributed by atoms with E-state index in [4.69, 9.17) is 4.52 Å². The van der Waals surface area contributed by atoms with Crippen molar-refractivity contribution in [3.8, 4) is 11.4 Å². The highest BCUT2D eigenvalue weighted by atomic mass is 16.5. The van der Waals surface area contributed by atoms with Crippen molar-refractivity contribution in [3.05, 3.63) is 65.8 Å². The second kappa shape index (κ2) is 7.15. The van der Waals surface area contributed by atoms with Gasteiger partial charge in [0.2, 0.25) is 11.7 Å². The van der Waals surface area contributed by atoms with Crippen LogP contribution in [0.3, 0.4) is 0 Å².